The third kappa shape index (κ3) is 7.95. The van der Waals surface area contributed by atoms with Crippen LogP contribution < -0.4 is 15.5 Å². The first-order chi connectivity index (χ1) is 24.2. The lowest BCUT2D eigenvalue weighted by atomic mass is 10.0. The van der Waals surface area contributed by atoms with Crippen molar-refractivity contribution < 1.29 is 27.5 Å². The van der Waals surface area contributed by atoms with Crippen LogP contribution in [0.1, 0.15) is 28.9 Å². The molecule has 3 aliphatic rings. The molecule has 3 N–H and O–H groups in total. The molecule has 3 saturated heterocycles. The molecule has 1 aromatic carbocycles. The second-order valence-electron chi connectivity index (χ2n) is 12.9. The van der Waals surface area contributed by atoms with Crippen LogP contribution in [0.5, 0.6) is 0 Å². The molecular weight excluding hydrogens is 651 g/mol. The first-order valence-electron chi connectivity index (χ1n) is 16.7. The maximum absolute atomic E-state index is 14.4. The quantitative estimate of drug-likeness (QED) is 0.212. The van der Waals surface area contributed by atoms with E-state index in [4.69, 9.17) is 4.74 Å². The van der Waals surface area contributed by atoms with E-state index < -0.39 is 30.7 Å². The number of carbonyl (C=O) groups excluding carboxylic acids is 2. The van der Waals surface area contributed by atoms with Gasteiger partial charge in [-0.2, -0.15) is 0 Å². The molecule has 0 saturated carbocycles. The van der Waals surface area contributed by atoms with E-state index in [-0.39, 0.29) is 24.2 Å². The van der Waals surface area contributed by atoms with Gasteiger partial charge in [-0.1, -0.05) is 12.1 Å². The second-order valence-corrected chi connectivity index (χ2v) is 12.9. The number of carbonyl (C=O) groups is 2. The number of nitrogens with one attached hydrogen (secondary N) is 3. The Bertz CT molecular complexity index is 1870. The van der Waals surface area contributed by atoms with Crippen molar-refractivity contribution in [2.75, 3.05) is 69.2 Å². The molecule has 50 heavy (non-hydrogen) atoms. The number of halogens is 3. The number of anilines is 2. The van der Waals surface area contributed by atoms with Gasteiger partial charge in [0, 0.05) is 56.3 Å². The van der Waals surface area contributed by atoms with Crippen molar-refractivity contribution >= 4 is 34.4 Å². The number of alkyl halides is 2. The molecule has 0 radical (unpaired) electrons. The number of hydrogen-bond donors (Lipinski definition) is 3. The van der Waals surface area contributed by atoms with Crippen LogP contribution in [0.25, 0.3) is 22.3 Å². The van der Waals surface area contributed by atoms with Crippen LogP contribution in [0, 0.1) is 0 Å². The maximum Gasteiger partial charge on any atom is 0.279 e. The zero-order valence-electron chi connectivity index (χ0n) is 27.4. The van der Waals surface area contributed by atoms with Crippen LogP contribution in [0.2, 0.25) is 0 Å². The Balaban J connectivity index is 0.926. The Labute approximate surface area is 286 Å². The number of H-pyrrole nitrogens is 1. The fourth-order valence-electron chi connectivity index (χ4n) is 6.60. The smallest absolute Gasteiger partial charge is 0.279 e. The summed E-state index contributed by atoms with van der Waals surface area (Å²) in [4.78, 5) is 47.8. The zero-order chi connectivity index (χ0) is 34.7. The van der Waals surface area contributed by atoms with Crippen molar-refractivity contribution in [1.82, 2.24) is 35.1 Å². The summed E-state index contributed by atoms with van der Waals surface area (Å²) < 4.78 is 45.8. The van der Waals surface area contributed by atoms with E-state index in [9.17, 15) is 22.8 Å². The number of likely N-dealkylation sites (tertiary alicyclic amines) is 2. The molecule has 0 aliphatic carbocycles. The molecule has 15 heteroatoms. The van der Waals surface area contributed by atoms with Crippen LogP contribution in [-0.4, -0.2) is 113 Å². The summed E-state index contributed by atoms with van der Waals surface area (Å²) in [6, 6.07) is 12.9. The van der Waals surface area contributed by atoms with Gasteiger partial charge >= 0.3 is 0 Å². The first-order valence-corrected chi connectivity index (χ1v) is 16.7. The molecule has 3 fully saturated rings. The van der Waals surface area contributed by atoms with Crippen LogP contribution in [0.4, 0.5) is 24.7 Å². The SMILES string of the molecule is O=C(NC1CCCN(Cc2ccnc(C(=O)Nc3ccc(-c4cc5c(N6CCOCC6)ncnc5[nH]4)cc3)c2)C1)/C(F)=C/CN1CC(F)(F)C1. The average molecular weight is 690 g/mol. The number of morpholine rings is 1. The van der Waals surface area contributed by atoms with Gasteiger partial charge < -0.3 is 25.3 Å². The van der Waals surface area contributed by atoms with Gasteiger partial charge in [-0.05, 0) is 66.9 Å². The third-order valence-electron chi connectivity index (χ3n) is 9.13. The van der Waals surface area contributed by atoms with Gasteiger partial charge in [0.05, 0.1) is 31.7 Å². The molecular formula is C35H38F3N9O3. The number of benzene rings is 1. The predicted octanol–water partition coefficient (Wildman–Crippen LogP) is 3.99. The molecule has 6 heterocycles. The summed E-state index contributed by atoms with van der Waals surface area (Å²) in [6.45, 7) is 3.78. The molecule has 4 aromatic rings. The van der Waals surface area contributed by atoms with E-state index in [0.717, 1.165) is 65.8 Å². The number of amides is 2. The number of fused-ring (bicyclic) bond motifs is 1. The standard InChI is InChI=1S/C35H38F3N9O3/c36-28(8-11-46-20-35(37,38)21-46)33(48)43-26-2-1-10-45(19-26)18-23-7-9-39-30(16-23)34(49)42-25-5-3-24(4-6-25)29-17-27-31(44-29)40-22-41-32(27)47-12-14-50-15-13-47/h3-9,16-17,22,26H,1-2,10-15,18-21H2,(H,42,49)(H,43,48)(H,40,41,44)/b28-8-. The third-order valence-corrected chi connectivity index (χ3v) is 9.13. The lowest BCUT2D eigenvalue weighted by Gasteiger charge is -2.37. The summed E-state index contributed by atoms with van der Waals surface area (Å²) in [5.74, 6) is -4.02. The van der Waals surface area contributed by atoms with Crippen LogP contribution in [0.15, 0.2) is 66.9 Å². The fourth-order valence-corrected chi connectivity index (χ4v) is 6.60. The minimum absolute atomic E-state index is 0.0350. The highest BCUT2D eigenvalue weighted by atomic mass is 19.3. The lowest BCUT2D eigenvalue weighted by Crippen LogP contribution is -2.56. The Morgan fingerprint density at radius 3 is 2.60 bits per heavy atom. The van der Waals surface area contributed by atoms with Crippen molar-refractivity contribution in [1.29, 1.82) is 0 Å². The highest BCUT2D eigenvalue weighted by molar-refractivity contribution is 6.03. The number of pyridine rings is 1. The number of aromatic nitrogens is 4. The van der Waals surface area contributed by atoms with Crippen molar-refractivity contribution in [3.8, 4) is 11.3 Å². The number of hydrogen-bond acceptors (Lipinski definition) is 9. The Morgan fingerprint density at radius 1 is 1.02 bits per heavy atom. The Hall–Kier alpha value is -4.86. The summed E-state index contributed by atoms with van der Waals surface area (Å²) >= 11 is 0. The van der Waals surface area contributed by atoms with Crippen molar-refractivity contribution in [2.24, 2.45) is 0 Å². The summed E-state index contributed by atoms with van der Waals surface area (Å²) in [7, 11) is 0. The van der Waals surface area contributed by atoms with E-state index in [1.165, 1.54) is 4.90 Å². The van der Waals surface area contributed by atoms with Crippen LogP contribution in [0.3, 0.4) is 0 Å². The lowest BCUT2D eigenvalue weighted by molar-refractivity contribution is -0.126. The van der Waals surface area contributed by atoms with Crippen molar-refractivity contribution in [3.63, 3.8) is 0 Å². The van der Waals surface area contributed by atoms with Crippen molar-refractivity contribution in [2.45, 2.75) is 31.4 Å². The summed E-state index contributed by atoms with van der Waals surface area (Å²) in [6.07, 6.45) is 5.70. The maximum atomic E-state index is 14.4. The number of piperidine rings is 1. The largest absolute Gasteiger partial charge is 0.378 e. The highest BCUT2D eigenvalue weighted by Crippen LogP contribution is 2.30. The molecule has 7 rings (SSSR count). The van der Waals surface area contributed by atoms with Gasteiger partial charge in [-0.25, -0.2) is 23.1 Å². The predicted molar refractivity (Wildman–Crippen MR) is 182 cm³/mol. The van der Waals surface area contributed by atoms with E-state index >= 15 is 0 Å². The minimum Gasteiger partial charge on any atom is -0.378 e. The van der Waals surface area contributed by atoms with Gasteiger partial charge in [-0.15, -0.1) is 0 Å². The molecule has 1 unspecified atom stereocenters. The van der Waals surface area contributed by atoms with Crippen molar-refractivity contribution in [3.05, 3.63) is 78.1 Å². The van der Waals surface area contributed by atoms with Gasteiger partial charge in [0.2, 0.25) is 0 Å². The normalized spacial score (nSPS) is 20.0. The number of aromatic amines is 1. The van der Waals surface area contributed by atoms with E-state index in [1.807, 2.05) is 36.4 Å². The molecule has 1 atom stereocenters. The molecule has 0 spiro atoms. The highest BCUT2D eigenvalue weighted by Gasteiger charge is 2.43. The summed E-state index contributed by atoms with van der Waals surface area (Å²) in [5.41, 5.74) is 4.34. The minimum atomic E-state index is -2.74. The van der Waals surface area contributed by atoms with E-state index in [0.29, 0.717) is 38.4 Å². The second kappa shape index (κ2) is 14.5. The molecule has 12 nitrogen and oxygen atoms in total. The fraction of sp³-hybridized carbons (Fsp3) is 0.400. The topological polar surface area (TPSA) is 132 Å². The van der Waals surface area contributed by atoms with E-state index in [1.54, 1.807) is 18.6 Å². The molecule has 3 aliphatic heterocycles. The number of ether oxygens (including phenoxy) is 1. The van der Waals surface area contributed by atoms with Gasteiger partial charge in [-0.3, -0.25) is 24.4 Å². The number of nitrogens with zero attached hydrogens (tertiary/aromatic N) is 6. The molecule has 3 aromatic heterocycles. The van der Waals surface area contributed by atoms with Gasteiger partial charge in [0.15, 0.2) is 5.83 Å². The van der Waals surface area contributed by atoms with E-state index in [2.05, 4.69) is 40.4 Å². The van der Waals surface area contributed by atoms with Gasteiger partial charge in [0.1, 0.15) is 23.5 Å². The molecule has 2 amide bonds. The summed E-state index contributed by atoms with van der Waals surface area (Å²) in [5, 5.41) is 6.58. The number of rotatable bonds is 10. The first kappa shape index (κ1) is 33.6. The van der Waals surface area contributed by atoms with Gasteiger partial charge in [0.25, 0.3) is 17.7 Å². The molecule has 262 valence electrons. The van der Waals surface area contributed by atoms with Crippen LogP contribution in [-0.2, 0) is 16.1 Å². The molecule has 0 bridgehead atoms. The van der Waals surface area contributed by atoms with Crippen LogP contribution >= 0.6 is 0 Å². The zero-order valence-corrected chi connectivity index (χ0v) is 27.4. The monoisotopic (exact) mass is 689 g/mol. The average Bonchev–Trinajstić information content (AvgIpc) is 3.55. The Kier molecular flexibility index (Phi) is 9.79. The Morgan fingerprint density at radius 2 is 1.82 bits per heavy atom.